The average molecular weight is 470 g/mol. The predicted molar refractivity (Wildman–Crippen MR) is 130 cm³/mol. The van der Waals surface area contributed by atoms with E-state index >= 15 is 0 Å². The third kappa shape index (κ3) is 7.50. The number of hydrogen-bond acceptors (Lipinski definition) is 5. The van der Waals surface area contributed by atoms with E-state index in [9.17, 15) is 19.5 Å². The number of ether oxygens (including phenoxy) is 1. The number of aryl methyl sites for hydroxylation is 1. The van der Waals surface area contributed by atoms with Crippen molar-refractivity contribution in [3.8, 4) is 5.75 Å². The minimum absolute atomic E-state index is 0.0986. The number of phenolic OH excluding ortho intramolecular Hbond substituents is 1. The van der Waals surface area contributed by atoms with Gasteiger partial charge >= 0.3 is 6.09 Å². The van der Waals surface area contributed by atoms with Crippen LogP contribution in [0.5, 0.6) is 5.75 Å². The first kappa shape index (κ1) is 26.7. The third-order valence-electron chi connectivity index (χ3n) is 5.13. The highest BCUT2D eigenvalue weighted by atomic mass is 16.6. The molecule has 0 spiro atoms. The summed E-state index contributed by atoms with van der Waals surface area (Å²) in [5, 5.41) is 15.4. The SMILES string of the molecule is CCN(C(=O)C(C)NC(=O)OC(C)(C)C)C(C(=O)NCc1ccccc1)c1ccc(O)c(C)c1. The molecule has 184 valence electrons. The molecule has 0 saturated carbocycles. The van der Waals surface area contributed by atoms with Crippen molar-refractivity contribution in [3.05, 3.63) is 65.2 Å². The molecule has 0 aliphatic heterocycles. The van der Waals surface area contributed by atoms with E-state index in [0.717, 1.165) is 5.56 Å². The minimum atomic E-state index is -0.955. The second kappa shape index (κ2) is 11.5. The molecule has 0 aliphatic rings. The van der Waals surface area contributed by atoms with E-state index in [1.54, 1.807) is 53.7 Å². The van der Waals surface area contributed by atoms with Gasteiger partial charge in [0.2, 0.25) is 11.8 Å². The van der Waals surface area contributed by atoms with E-state index in [1.165, 1.54) is 11.0 Å². The Balaban J connectivity index is 2.30. The lowest BCUT2D eigenvalue weighted by Crippen LogP contribution is -2.51. The molecule has 34 heavy (non-hydrogen) atoms. The van der Waals surface area contributed by atoms with Crippen LogP contribution in [-0.4, -0.2) is 46.1 Å². The summed E-state index contributed by atoms with van der Waals surface area (Å²) >= 11 is 0. The summed E-state index contributed by atoms with van der Waals surface area (Å²) < 4.78 is 5.25. The Bertz CT molecular complexity index is 1000. The first-order valence-electron chi connectivity index (χ1n) is 11.3. The standard InChI is InChI=1S/C26H35N3O5/c1-7-29(24(32)18(3)28-25(33)34-26(4,5)6)22(20-13-14-21(30)17(2)15-20)23(31)27-16-19-11-9-8-10-12-19/h8-15,18,22,30H,7,16H2,1-6H3,(H,27,31)(H,28,33). The lowest BCUT2D eigenvalue weighted by atomic mass is 10.0. The van der Waals surface area contributed by atoms with Gasteiger partial charge in [0.1, 0.15) is 23.4 Å². The number of alkyl carbamates (subject to hydrolysis) is 1. The Hall–Kier alpha value is -3.55. The van der Waals surface area contributed by atoms with Gasteiger partial charge in [-0.25, -0.2) is 4.79 Å². The maximum Gasteiger partial charge on any atom is 0.408 e. The lowest BCUT2D eigenvalue weighted by Gasteiger charge is -2.33. The molecular weight excluding hydrogens is 434 g/mol. The summed E-state index contributed by atoms with van der Waals surface area (Å²) in [4.78, 5) is 40.3. The van der Waals surface area contributed by atoms with Crippen molar-refractivity contribution in [2.45, 2.75) is 65.8 Å². The Morgan fingerprint density at radius 1 is 1.09 bits per heavy atom. The summed E-state index contributed by atoms with van der Waals surface area (Å²) in [6.07, 6.45) is -0.713. The van der Waals surface area contributed by atoms with Crippen molar-refractivity contribution in [1.29, 1.82) is 0 Å². The Labute approximate surface area is 201 Å². The van der Waals surface area contributed by atoms with Crippen LogP contribution in [-0.2, 0) is 20.9 Å². The van der Waals surface area contributed by atoms with Gasteiger partial charge in [0.05, 0.1) is 0 Å². The Kier molecular flexibility index (Phi) is 9.06. The number of rotatable bonds is 8. The molecular formula is C26H35N3O5. The van der Waals surface area contributed by atoms with Crippen LogP contribution in [0.15, 0.2) is 48.5 Å². The highest BCUT2D eigenvalue weighted by Crippen LogP contribution is 2.27. The van der Waals surface area contributed by atoms with Crippen LogP contribution in [0.4, 0.5) is 4.79 Å². The van der Waals surface area contributed by atoms with Gasteiger partial charge < -0.3 is 25.4 Å². The van der Waals surface area contributed by atoms with Crippen LogP contribution < -0.4 is 10.6 Å². The summed E-state index contributed by atoms with van der Waals surface area (Å²) in [5.41, 5.74) is 1.36. The molecule has 2 unspecified atom stereocenters. The molecule has 2 aromatic rings. The summed E-state index contributed by atoms with van der Waals surface area (Å²) in [5.74, 6) is -0.700. The first-order valence-corrected chi connectivity index (χ1v) is 11.3. The van der Waals surface area contributed by atoms with Crippen LogP contribution in [0, 0.1) is 6.92 Å². The molecule has 8 nitrogen and oxygen atoms in total. The van der Waals surface area contributed by atoms with E-state index in [4.69, 9.17) is 4.74 Å². The highest BCUT2D eigenvalue weighted by molar-refractivity contribution is 5.92. The van der Waals surface area contributed by atoms with E-state index in [0.29, 0.717) is 17.7 Å². The number of likely N-dealkylation sites (N-methyl/N-ethyl adjacent to an activating group) is 1. The number of nitrogens with zero attached hydrogens (tertiary/aromatic N) is 1. The zero-order valence-electron chi connectivity index (χ0n) is 20.7. The molecule has 2 rings (SSSR count). The van der Waals surface area contributed by atoms with Crippen LogP contribution >= 0.6 is 0 Å². The fraction of sp³-hybridized carbons (Fsp3) is 0.423. The van der Waals surface area contributed by atoms with Crippen LogP contribution in [0.1, 0.15) is 57.4 Å². The first-order chi connectivity index (χ1) is 15.9. The zero-order chi connectivity index (χ0) is 25.5. The van der Waals surface area contributed by atoms with Gasteiger partial charge in [0.25, 0.3) is 0 Å². The molecule has 2 atom stereocenters. The number of aromatic hydroxyl groups is 1. The quantitative estimate of drug-likeness (QED) is 0.545. The van der Waals surface area contributed by atoms with Crippen LogP contribution in [0.25, 0.3) is 0 Å². The van der Waals surface area contributed by atoms with Gasteiger partial charge in [-0.1, -0.05) is 36.4 Å². The van der Waals surface area contributed by atoms with Crippen LogP contribution in [0.3, 0.4) is 0 Å². The highest BCUT2D eigenvalue weighted by Gasteiger charge is 2.34. The monoisotopic (exact) mass is 469 g/mol. The summed E-state index contributed by atoms with van der Waals surface area (Å²) in [6.45, 7) is 10.8. The summed E-state index contributed by atoms with van der Waals surface area (Å²) in [6, 6.07) is 12.4. The molecule has 0 saturated heterocycles. The lowest BCUT2D eigenvalue weighted by molar-refractivity contribution is -0.142. The van der Waals surface area contributed by atoms with Gasteiger partial charge in [-0.3, -0.25) is 9.59 Å². The Morgan fingerprint density at radius 2 is 1.74 bits per heavy atom. The second-order valence-corrected chi connectivity index (χ2v) is 9.14. The minimum Gasteiger partial charge on any atom is -0.508 e. The molecule has 0 heterocycles. The number of benzene rings is 2. The normalized spacial score (nSPS) is 12.9. The van der Waals surface area contributed by atoms with Crippen molar-refractivity contribution in [2.75, 3.05) is 6.54 Å². The smallest absolute Gasteiger partial charge is 0.408 e. The van der Waals surface area contributed by atoms with E-state index in [-0.39, 0.29) is 18.2 Å². The van der Waals surface area contributed by atoms with Crippen molar-refractivity contribution in [3.63, 3.8) is 0 Å². The van der Waals surface area contributed by atoms with Gasteiger partial charge in [0.15, 0.2) is 0 Å². The van der Waals surface area contributed by atoms with Gasteiger partial charge in [0, 0.05) is 13.1 Å². The zero-order valence-corrected chi connectivity index (χ0v) is 20.7. The third-order valence-corrected chi connectivity index (χ3v) is 5.13. The molecule has 2 aromatic carbocycles. The Morgan fingerprint density at radius 3 is 2.29 bits per heavy atom. The topological polar surface area (TPSA) is 108 Å². The molecule has 0 fully saturated rings. The van der Waals surface area contributed by atoms with Crippen molar-refractivity contribution in [2.24, 2.45) is 0 Å². The fourth-order valence-corrected chi connectivity index (χ4v) is 3.46. The molecule has 0 radical (unpaired) electrons. The molecule has 0 aliphatic carbocycles. The van der Waals surface area contributed by atoms with Crippen molar-refractivity contribution >= 4 is 17.9 Å². The van der Waals surface area contributed by atoms with Gasteiger partial charge in [-0.2, -0.15) is 0 Å². The molecule has 0 bridgehead atoms. The van der Waals surface area contributed by atoms with Crippen molar-refractivity contribution in [1.82, 2.24) is 15.5 Å². The summed E-state index contributed by atoms with van der Waals surface area (Å²) in [7, 11) is 0. The number of hydrogen-bond donors (Lipinski definition) is 3. The van der Waals surface area contributed by atoms with Crippen LogP contribution in [0.2, 0.25) is 0 Å². The van der Waals surface area contributed by atoms with Crippen molar-refractivity contribution < 1.29 is 24.2 Å². The molecule has 3 N–H and O–H groups in total. The maximum atomic E-state index is 13.4. The van der Waals surface area contributed by atoms with E-state index in [1.807, 2.05) is 30.3 Å². The molecule has 8 heteroatoms. The van der Waals surface area contributed by atoms with E-state index in [2.05, 4.69) is 10.6 Å². The largest absolute Gasteiger partial charge is 0.508 e. The number of carbonyl (C=O) groups excluding carboxylic acids is 3. The molecule has 3 amide bonds. The fourth-order valence-electron chi connectivity index (χ4n) is 3.46. The number of carbonyl (C=O) groups is 3. The second-order valence-electron chi connectivity index (χ2n) is 9.14. The van der Waals surface area contributed by atoms with Gasteiger partial charge in [-0.15, -0.1) is 0 Å². The van der Waals surface area contributed by atoms with E-state index < -0.39 is 29.7 Å². The average Bonchev–Trinajstić information content (AvgIpc) is 2.76. The number of phenols is 1. The van der Waals surface area contributed by atoms with Gasteiger partial charge in [-0.05, 0) is 70.4 Å². The predicted octanol–water partition coefficient (Wildman–Crippen LogP) is 3.82. The molecule has 0 aromatic heterocycles. The number of nitrogens with one attached hydrogen (secondary N) is 2. The number of amides is 3. The maximum absolute atomic E-state index is 13.4.